The standard InChI is InChI=1S/C10H15NO2/c1-7(12)11-6-8-5-10(11,2)4-3-9(8)13/h8H,3-6H2,1-2H3/t8-,10-/m0/s1. The van der Waals surface area contributed by atoms with Crippen LogP contribution >= 0.6 is 0 Å². The van der Waals surface area contributed by atoms with Gasteiger partial charge in [0, 0.05) is 31.3 Å². The predicted octanol–water partition coefficient (Wildman–Crippen LogP) is 0.976. The maximum absolute atomic E-state index is 11.4. The van der Waals surface area contributed by atoms with E-state index < -0.39 is 0 Å². The summed E-state index contributed by atoms with van der Waals surface area (Å²) >= 11 is 0. The molecule has 1 heterocycles. The van der Waals surface area contributed by atoms with Gasteiger partial charge < -0.3 is 4.90 Å². The fourth-order valence-electron chi connectivity index (χ4n) is 2.70. The fourth-order valence-corrected chi connectivity index (χ4v) is 2.70. The Morgan fingerprint density at radius 1 is 1.62 bits per heavy atom. The Bertz CT molecular complexity index is 274. The number of rotatable bonds is 0. The van der Waals surface area contributed by atoms with Gasteiger partial charge in [0.2, 0.25) is 5.91 Å². The van der Waals surface area contributed by atoms with E-state index in [9.17, 15) is 9.59 Å². The molecule has 72 valence electrons. The van der Waals surface area contributed by atoms with Crippen molar-refractivity contribution in [2.45, 2.75) is 38.6 Å². The van der Waals surface area contributed by atoms with Crippen molar-refractivity contribution in [1.82, 2.24) is 4.90 Å². The molecule has 3 heteroatoms. The smallest absolute Gasteiger partial charge is 0.219 e. The van der Waals surface area contributed by atoms with Crippen molar-refractivity contribution >= 4 is 11.7 Å². The molecule has 2 rings (SSSR count). The van der Waals surface area contributed by atoms with Crippen LogP contribution in [-0.2, 0) is 9.59 Å². The summed E-state index contributed by atoms with van der Waals surface area (Å²) in [6.45, 7) is 4.35. The van der Waals surface area contributed by atoms with Crippen LogP contribution in [0.3, 0.4) is 0 Å². The van der Waals surface area contributed by atoms with E-state index in [-0.39, 0.29) is 17.4 Å². The monoisotopic (exact) mass is 181 g/mol. The van der Waals surface area contributed by atoms with Gasteiger partial charge in [-0.2, -0.15) is 0 Å². The molecule has 3 nitrogen and oxygen atoms in total. The summed E-state index contributed by atoms with van der Waals surface area (Å²) in [7, 11) is 0. The van der Waals surface area contributed by atoms with E-state index in [0.29, 0.717) is 18.7 Å². The van der Waals surface area contributed by atoms with E-state index in [2.05, 4.69) is 6.92 Å². The van der Waals surface area contributed by atoms with Crippen LogP contribution in [0.15, 0.2) is 0 Å². The molecule has 2 fully saturated rings. The molecule has 1 aliphatic heterocycles. The molecule has 0 aromatic heterocycles. The van der Waals surface area contributed by atoms with Crippen molar-refractivity contribution in [2.75, 3.05) is 6.54 Å². The molecular weight excluding hydrogens is 166 g/mol. The SMILES string of the molecule is CC(=O)N1C[C@@H]2C[C@]1(C)CCC2=O. The Labute approximate surface area is 78.1 Å². The Hall–Kier alpha value is -0.860. The van der Waals surface area contributed by atoms with Crippen LogP contribution in [-0.4, -0.2) is 28.7 Å². The van der Waals surface area contributed by atoms with Crippen molar-refractivity contribution in [3.8, 4) is 0 Å². The summed E-state index contributed by atoms with van der Waals surface area (Å²) in [5, 5.41) is 0. The molecule has 0 aromatic rings. The molecule has 2 atom stereocenters. The van der Waals surface area contributed by atoms with E-state index in [0.717, 1.165) is 12.8 Å². The minimum atomic E-state index is -0.0234. The highest BCUT2D eigenvalue weighted by Gasteiger charge is 2.48. The van der Waals surface area contributed by atoms with Gasteiger partial charge >= 0.3 is 0 Å². The van der Waals surface area contributed by atoms with Gasteiger partial charge in [-0.1, -0.05) is 0 Å². The zero-order valence-corrected chi connectivity index (χ0v) is 8.17. The highest BCUT2D eigenvalue weighted by atomic mass is 16.2. The van der Waals surface area contributed by atoms with Gasteiger partial charge in [-0.3, -0.25) is 9.59 Å². The van der Waals surface area contributed by atoms with Crippen molar-refractivity contribution in [2.24, 2.45) is 5.92 Å². The van der Waals surface area contributed by atoms with Crippen molar-refractivity contribution in [3.05, 3.63) is 0 Å². The van der Waals surface area contributed by atoms with E-state index in [1.54, 1.807) is 6.92 Å². The van der Waals surface area contributed by atoms with Crippen LogP contribution in [0.1, 0.15) is 33.1 Å². The highest BCUT2D eigenvalue weighted by Crippen LogP contribution is 2.41. The quantitative estimate of drug-likeness (QED) is 0.558. The van der Waals surface area contributed by atoms with Crippen LogP contribution in [0.4, 0.5) is 0 Å². The maximum atomic E-state index is 11.4. The lowest BCUT2D eigenvalue weighted by molar-refractivity contribution is -0.132. The Kier molecular flexibility index (Phi) is 1.72. The molecule has 0 aromatic carbocycles. The third-order valence-corrected chi connectivity index (χ3v) is 3.49. The number of Topliss-reactive ketones (excluding diaryl/α,β-unsaturated/α-hetero) is 1. The minimum absolute atomic E-state index is 0.0234. The zero-order valence-electron chi connectivity index (χ0n) is 8.17. The lowest BCUT2D eigenvalue weighted by Crippen LogP contribution is -2.44. The Morgan fingerprint density at radius 3 is 2.85 bits per heavy atom. The number of nitrogens with zero attached hydrogens (tertiary/aromatic N) is 1. The van der Waals surface area contributed by atoms with Gasteiger partial charge in [-0.15, -0.1) is 0 Å². The number of hydrogen-bond acceptors (Lipinski definition) is 2. The molecule has 0 N–H and O–H groups in total. The molecule has 1 aliphatic carbocycles. The second-order valence-electron chi connectivity index (χ2n) is 4.49. The van der Waals surface area contributed by atoms with E-state index in [4.69, 9.17) is 0 Å². The Morgan fingerprint density at radius 2 is 2.31 bits per heavy atom. The molecule has 0 radical (unpaired) electrons. The molecule has 0 unspecified atom stereocenters. The van der Waals surface area contributed by atoms with E-state index in [1.807, 2.05) is 4.90 Å². The van der Waals surface area contributed by atoms with Crippen LogP contribution < -0.4 is 0 Å². The second kappa shape index (κ2) is 2.56. The summed E-state index contributed by atoms with van der Waals surface area (Å²) in [6.07, 6.45) is 2.39. The lowest BCUT2D eigenvalue weighted by atomic mass is 9.80. The topological polar surface area (TPSA) is 37.4 Å². The van der Waals surface area contributed by atoms with Gasteiger partial charge in [-0.25, -0.2) is 0 Å². The number of amides is 1. The van der Waals surface area contributed by atoms with Gasteiger partial charge in [0.1, 0.15) is 5.78 Å². The number of carbonyl (C=O) groups excluding carboxylic acids is 2. The number of ketones is 1. The zero-order chi connectivity index (χ0) is 9.64. The first-order valence-electron chi connectivity index (χ1n) is 4.84. The Balaban J connectivity index is 2.27. The van der Waals surface area contributed by atoms with Crippen LogP contribution in [0.5, 0.6) is 0 Å². The average Bonchev–Trinajstić information content (AvgIpc) is 2.34. The van der Waals surface area contributed by atoms with Gasteiger partial charge in [-0.05, 0) is 19.8 Å². The third-order valence-electron chi connectivity index (χ3n) is 3.49. The normalized spacial score (nSPS) is 38.2. The first-order chi connectivity index (χ1) is 6.03. The molecule has 2 bridgehead atoms. The average molecular weight is 181 g/mol. The van der Waals surface area contributed by atoms with Crippen LogP contribution in [0, 0.1) is 5.92 Å². The molecule has 1 saturated carbocycles. The maximum Gasteiger partial charge on any atom is 0.219 e. The molecule has 1 saturated heterocycles. The number of fused-ring (bicyclic) bond motifs is 2. The van der Waals surface area contributed by atoms with E-state index in [1.165, 1.54) is 0 Å². The first kappa shape index (κ1) is 8.73. The van der Waals surface area contributed by atoms with Crippen molar-refractivity contribution in [1.29, 1.82) is 0 Å². The molecule has 13 heavy (non-hydrogen) atoms. The van der Waals surface area contributed by atoms with Gasteiger partial charge in [0.25, 0.3) is 0 Å². The first-order valence-corrected chi connectivity index (χ1v) is 4.84. The van der Waals surface area contributed by atoms with E-state index >= 15 is 0 Å². The minimum Gasteiger partial charge on any atom is -0.337 e. The van der Waals surface area contributed by atoms with Crippen molar-refractivity contribution < 1.29 is 9.59 Å². The summed E-state index contributed by atoms with van der Waals surface area (Å²) in [5.41, 5.74) is -0.0234. The summed E-state index contributed by atoms with van der Waals surface area (Å²) < 4.78 is 0. The fraction of sp³-hybridized carbons (Fsp3) is 0.800. The van der Waals surface area contributed by atoms with Crippen LogP contribution in [0.2, 0.25) is 0 Å². The second-order valence-corrected chi connectivity index (χ2v) is 4.49. The molecule has 1 amide bonds. The summed E-state index contributed by atoms with van der Waals surface area (Å²) in [5.74, 6) is 0.587. The molecule has 2 aliphatic rings. The lowest BCUT2D eigenvalue weighted by Gasteiger charge is -2.35. The largest absolute Gasteiger partial charge is 0.337 e. The third kappa shape index (κ3) is 1.18. The van der Waals surface area contributed by atoms with Crippen LogP contribution in [0.25, 0.3) is 0 Å². The molecule has 0 spiro atoms. The number of hydrogen-bond donors (Lipinski definition) is 0. The van der Waals surface area contributed by atoms with Crippen molar-refractivity contribution in [3.63, 3.8) is 0 Å². The highest BCUT2D eigenvalue weighted by molar-refractivity contribution is 5.85. The van der Waals surface area contributed by atoms with Gasteiger partial charge in [0.05, 0.1) is 0 Å². The van der Waals surface area contributed by atoms with Gasteiger partial charge in [0.15, 0.2) is 0 Å². The summed E-state index contributed by atoms with van der Waals surface area (Å²) in [4.78, 5) is 24.6. The number of likely N-dealkylation sites (tertiary alicyclic amines) is 1. The molecular formula is C10H15NO2. The summed E-state index contributed by atoms with van der Waals surface area (Å²) in [6, 6.07) is 0. The predicted molar refractivity (Wildman–Crippen MR) is 48.1 cm³/mol. The number of carbonyl (C=O) groups is 2.